The van der Waals surface area contributed by atoms with Crippen molar-refractivity contribution in [3.8, 4) is 11.5 Å². The lowest BCUT2D eigenvalue weighted by Crippen LogP contribution is -1.97. The molecule has 0 aliphatic rings. The third-order valence-electron chi connectivity index (χ3n) is 3.09. The van der Waals surface area contributed by atoms with Crippen molar-refractivity contribution in [2.45, 2.75) is 18.7 Å². The van der Waals surface area contributed by atoms with Crippen molar-refractivity contribution in [2.24, 2.45) is 0 Å². The molecule has 0 fully saturated rings. The van der Waals surface area contributed by atoms with Crippen LogP contribution in [0.5, 0.6) is 11.5 Å². The maximum absolute atomic E-state index is 5.41. The number of benzene rings is 1. The largest absolute Gasteiger partial charge is 0.496 e. The maximum atomic E-state index is 5.41. The molecule has 1 heterocycles. The number of thiophene rings is 1. The van der Waals surface area contributed by atoms with Crippen molar-refractivity contribution < 1.29 is 9.47 Å². The number of alkyl halides is 1. The second-order valence-corrected chi connectivity index (χ2v) is 6.27. The van der Waals surface area contributed by atoms with E-state index in [1.165, 1.54) is 10.4 Å². The van der Waals surface area contributed by atoms with E-state index in [0.29, 0.717) is 0 Å². The lowest BCUT2D eigenvalue weighted by molar-refractivity contribution is 0.408. The Kier molecular flexibility index (Phi) is 4.53. The predicted octanol–water partition coefficient (Wildman–Crippen LogP) is 4.87. The molecule has 0 spiro atoms. The van der Waals surface area contributed by atoms with Gasteiger partial charge >= 0.3 is 0 Å². The van der Waals surface area contributed by atoms with Crippen LogP contribution in [0, 0.1) is 13.8 Å². The maximum Gasteiger partial charge on any atom is 0.134 e. The van der Waals surface area contributed by atoms with E-state index in [1.807, 2.05) is 11.4 Å². The standard InChI is InChI=1S/C15H17BrO2S/c1-9-7-11(8-10(2)14(9)18-4)13(16)15-12(17-3)5-6-19-15/h5-8,13H,1-4H3. The van der Waals surface area contributed by atoms with Crippen LogP contribution >= 0.6 is 27.3 Å². The van der Waals surface area contributed by atoms with E-state index >= 15 is 0 Å². The van der Waals surface area contributed by atoms with E-state index in [9.17, 15) is 0 Å². The molecule has 0 saturated carbocycles. The van der Waals surface area contributed by atoms with Gasteiger partial charge in [0.15, 0.2) is 0 Å². The van der Waals surface area contributed by atoms with Crippen molar-refractivity contribution in [1.29, 1.82) is 0 Å². The molecule has 0 radical (unpaired) electrons. The zero-order valence-corrected chi connectivity index (χ0v) is 13.9. The van der Waals surface area contributed by atoms with Crippen LogP contribution in [0.3, 0.4) is 0 Å². The Balaban J connectivity index is 2.42. The first kappa shape index (κ1) is 14.4. The summed E-state index contributed by atoms with van der Waals surface area (Å²) in [5.41, 5.74) is 3.52. The molecule has 1 aromatic heterocycles. The molecule has 2 aromatic rings. The van der Waals surface area contributed by atoms with Crippen LogP contribution in [0.15, 0.2) is 23.6 Å². The molecule has 0 saturated heterocycles. The van der Waals surface area contributed by atoms with Gasteiger partial charge in [0.25, 0.3) is 0 Å². The van der Waals surface area contributed by atoms with Crippen molar-refractivity contribution in [3.05, 3.63) is 45.1 Å². The molecule has 2 nitrogen and oxygen atoms in total. The van der Waals surface area contributed by atoms with E-state index in [-0.39, 0.29) is 4.83 Å². The average Bonchev–Trinajstić information content (AvgIpc) is 2.85. The van der Waals surface area contributed by atoms with E-state index in [4.69, 9.17) is 9.47 Å². The summed E-state index contributed by atoms with van der Waals surface area (Å²) in [7, 11) is 3.42. The Morgan fingerprint density at radius 1 is 1.11 bits per heavy atom. The number of rotatable bonds is 4. The molecule has 1 unspecified atom stereocenters. The fourth-order valence-electron chi connectivity index (χ4n) is 2.27. The summed E-state index contributed by atoms with van der Waals surface area (Å²) in [5.74, 6) is 1.89. The van der Waals surface area contributed by atoms with Crippen LogP contribution in [-0.2, 0) is 0 Å². The van der Waals surface area contributed by atoms with Crippen molar-refractivity contribution in [3.63, 3.8) is 0 Å². The highest BCUT2D eigenvalue weighted by atomic mass is 79.9. The van der Waals surface area contributed by atoms with Crippen LogP contribution in [-0.4, -0.2) is 14.2 Å². The first-order chi connectivity index (χ1) is 9.08. The van der Waals surface area contributed by atoms with Gasteiger partial charge in [0, 0.05) is 0 Å². The molecule has 0 aliphatic heterocycles. The Labute approximate surface area is 126 Å². The van der Waals surface area contributed by atoms with Gasteiger partial charge in [0.2, 0.25) is 0 Å². The van der Waals surface area contributed by atoms with Gasteiger partial charge in [-0.3, -0.25) is 0 Å². The Morgan fingerprint density at radius 3 is 2.26 bits per heavy atom. The van der Waals surface area contributed by atoms with Gasteiger partial charge in [-0.05, 0) is 42.0 Å². The highest BCUT2D eigenvalue weighted by Crippen LogP contribution is 2.41. The molecule has 0 bridgehead atoms. The van der Waals surface area contributed by atoms with Gasteiger partial charge in [-0.25, -0.2) is 0 Å². The van der Waals surface area contributed by atoms with Gasteiger partial charge < -0.3 is 9.47 Å². The Bertz CT molecular complexity index is 554. The summed E-state index contributed by atoms with van der Waals surface area (Å²) in [6.45, 7) is 4.14. The smallest absolute Gasteiger partial charge is 0.134 e. The minimum absolute atomic E-state index is 0.144. The highest BCUT2D eigenvalue weighted by Gasteiger charge is 2.18. The molecule has 0 aliphatic carbocycles. The SMILES string of the molecule is COc1ccsc1C(Br)c1cc(C)c(OC)c(C)c1. The van der Waals surface area contributed by atoms with Crippen LogP contribution in [0.2, 0.25) is 0 Å². The summed E-state index contributed by atoms with van der Waals surface area (Å²) in [4.78, 5) is 1.33. The second kappa shape index (κ2) is 5.97. The minimum Gasteiger partial charge on any atom is -0.496 e. The first-order valence-corrected chi connectivity index (χ1v) is 7.78. The van der Waals surface area contributed by atoms with Crippen LogP contribution in [0.4, 0.5) is 0 Å². The Morgan fingerprint density at radius 2 is 1.74 bits per heavy atom. The highest BCUT2D eigenvalue weighted by molar-refractivity contribution is 9.09. The molecule has 1 atom stereocenters. The van der Waals surface area contributed by atoms with Crippen molar-refractivity contribution >= 4 is 27.3 Å². The van der Waals surface area contributed by atoms with Gasteiger partial charge in [0.05, 0.1) is 23.9 Å². The third kappa shape index (κ3) is 2.79. The van der Waals surface area contributed by atoms with E-state index < -0.39 is 0 Å². The number of aryl methyl sites for hydroxylation is 2. The molecule has 19 heavy (non-hydrogen) atoms. The number of methoxy groups -OCH3 is 2. The fraction of sp³-hybridized carbons (Fsp3) is 0.333. The van der Waals surface area contributed by atoms with Gasteiger partial charge in [-0.1, -0.05) is 28.1 Å². The average molecular weight is 341 g/mol. The summed E-state index contributed by atoms with van der Waals surface area (Å²) in [6.07, 6.45) is 0. The molecule has 4 heteroatoms. The van der Waals surface area contributed by atoms with Gasteiger partial charge in [-0.15, -0.1) is 11.3 Å². The van der Waals surface area contributed by atoms with Crippen molar-refractivity contribution in [1.82, 2.24) is 0 Å². The Hall–Kier alpha value is -1.00. The molecular formula is C15H17BrO2S. The number of hydrogen-bond donors (Lipinski definition) is 0. The quantitative estimate of drug-likeness (QED) is 0.739. The van der Waals surface area contributed by atoms with Crippen molar-refractivity contribution in [2.75, 3.05) is 14.2 Å². The molecule has 0 N–H and O–H groups in total. The second-order valence-electron chi connectivity index (χ2n) is 4.40. The molecule has 1 aromatic carbocycles. The van der Waals surface area contributed by atoms with Gasteiger partial charge in [0.1, 0.15) is 11.5 Å². The molecule has 0 amide bonds. The number of hydrogen-bond acceptors (Lipinski definition) is 3. The fourth-order valence-corrected chi connectivity index (χ4v) is 3.94. The van der Waals surface area contributed by atoms with Crippen LogP contribution in [0.1, 0.15) is 26.4 Å². The van der Waals surface area contributed by atoms with Crippen LogP contribution < -0.4 is 9.47 Å². The van der Waals surface area contributed by atoms with Crippen LogP contribution in [0.25, 0.3) is 0 Å². The topological polar surface area (TPSA) is 18.5 Å². The summed E-state index contributed by atoms with van der Waals surface area (Å²) in [6, 6.07) is 6.31. The minimum atomic E-state index is 0.144. The first-order valence-electron chi connectivity index (χ1n) is 5.99. The third-order valence-corrected chi connectivity index (χ3v) is 5.34. The van der Waals surface area contributed by atoms with E-state index in [2.05, 4.69) is 41.9 Å². The summed E-state index contributed by atoms with van der Waals surface area (Å²) >= 11 is 5.46. The normalized spacial score (nSPS) is 12.3. The zero-order chi connectivity index (χ0) is 14.0. The molecule has 2 rings (SSSR count). The summed E-state index contributed by atoms with van der Waals surface area (Å²) in [5, 5.41) is 2.05. The van der Waals surface area contributed by atoms with E-state index in [0.717, 1.165) is 22.6 Å². The molecular weight excluding hydrogens is 324 g/mol. The van der Waals surface area contributed by atoms with Gasteiger partial charge in [-0.2, -0.15) is 0 Å². The number of ether oxygens (including phenoxy) is 2. The lowest BCUT2D eigenvalue weighted by atomic mass is 10.0. The zero-order valence-electron chi connectivity index (χ0n) is 11.5. The molecule has 102 valence electrons. The monoisotopic (exact) mass is 340 g/mol. The number of halogens is 1. The predicted molar refractivity (Wildman–Crippen MR) is 84.1 cm³/mol. The lowest BCUT2D eigenvalue weighted by Gasteiger charge is -2.15. The summed E-state index contributed by atoms with van der Waals surface area (Å²) < 4.78 is 10.8. The van der Waals surface area contributed by atoms with E-state index in [1.54, 1.807) is 25.6 Å².